The topological polar surface area (TPSA) is 78.5 Å². The fraction of sp³-hybridized carbons (Fsp3) is 0.286. The van der Waals surface area contributed by atoms with E-state index in [9.17, 15) is 14.4 Å². The maximum atomic E-state index is 13.1. The molecule has 27 heavy (non-hydrogen) atoms. The number of hydrogen-bond donors (Lipinski definition) is 2. The van der Waals surface area contributed by atoms with Gasteiger partial charge in [-0.05, 0) is 30.5 Å². The van der Waals surface area contributed by atoms with Crippen LogP contribution >= 0.6 is 0 Å². The number of amides is 4. The number of para-hydroxylation sites is 1. The fourth-order valence-corrected chi connectivity index (χ4v) is 3.42. The Labute approximate surface area is 158 Å². The minimum absolute atomic E-state index is 0.322. The van der Waals surface area contributed by atoms with Crippen LogP contribution in [0.4, 0.5) is 10.5 Å². The Morgan fingerprint density at radius 3 is 2.41 bits per heavy atom. The molecule has 2 N–H and O–H groups in total. The standard InChI is InChI=1S/C21H23N3O3/c1-3-13-21(16-10-5-4-6-11-16)19(26)24(20(27)23-21)14-18(25)22-17-12-8-7-9-15(17)2/h4-12H,3,13-14H2,1-2H3,(H,22,25)(H,23,27)/t21-/m1/s1. The minimum Gasteiger partial charge on any atom is -0.324 e. The van der Waals surface area contributed by atoms with Crippen LogP contribution in [0, 0.1) is 6.92 Å². The zero-order chi connectivity index (χ0) is 19.4. The van der Waals surface area contributed by atoms with E-state index in [1.807, 2.05) is 62.4 Å². The van der Waals surface area contributed by atoms with Gasteiger partial charge in [-0.25, -0.2) is 4.79 Å². The summed E-state index contributed by atoms with van der Waals surface area (Å²) < 4.78 is 0. The number of urea groups is 1. The third kappa shape index (κ3) is 3.56. The molecule has 2 aromatic carbocycles. The summed E-state index contributed by atoms with van der Waals surface area (Å²) in [5.74, 6) is -0.798. The van der Waals surface area contributed by atoms with Gasteiger partial charge >= 0.3 is 6.03 Å². The number of benzene rings is 2. The van der Waals surface area contributed by atoms with Crippen LogP contribution in [-0.2, 0) is 15.1 Å². The quantitative estimate of drug-likeness (QED) is 0.772. The number of nitrogens with zero attached hydrogens (tertiary/aromatic N) is 1. The van der Waals surface area contributed by atoms with Crippen LogP contribution < -0.4 is 10.6 Å². The predicted octanol–water partition coefficient (Wildman–Crippen LogP) is 3.18. The highest BCUT2D eigenvalue weighted by molar-refractivity contribution is 6.10. The molecule has 0 radical (unpaired) electrons. The lowest BCUT2D eigenvalue weighted by Gasteiger charge is -2.26. The number of imide groups is 1. The molecule has 1 heterocycles. The van der Waals surface area contributed by atoms with Crippen molar-refractivity contribution in [2.75, 3.05) is 11.9 Å². The van der Waals surface area contributed by atoms with E-state index in [2.05, 4.69) is 10.6 Å². The number of aryl methyl sites for hydroxylation is 1. The van der Waals surface area contributed by atoms with Crippen molar-refractivity contribution < 1.29 is 14.4 Å². The van der Waals surface area contributed by atoms with Crippen LogP contribution in [-0.4, -0.2) is 29.3 Å². The van der Waals surface area contributed by atoms with Crippen LogP contribution in [0.2, 0.25) is 0 Å². The Morgan fingerprint density at radius 2 is 1.74 bits per heavy atom. The molecule has 6 heteroatoms. The minimum atomic E-state index is -1.12. The first-order chi connectivity index (χ1) is 13.0. The van der Waals surface area contributed by atoms with Crippen molar-refractivity contribution in [3.05, 3.63) is 65.7 Å². The maximum absolute atomic E-state index is 13.1. The Hall–Kier alpha value is -3.15. The first-order valence-electron chi connectivity index (χ1n) is 9.03. The van der Waals surface area contributed by atoms with E-state index in [1.54, 1.807) is 6.07 Å². The second-order valence-electron chi connectivity index (χ2n) is 6.71. The summed E-state index contributed by atoms with van der Waals surface area (Å²) >= 11 is 0. The number of carbonyl (C=O) groups excluding carboxylic acids is 3. The van der Waals surface area contributed by atoms with Crippen LogP contribution in [0.25, 0.3) is 0 Å². The van der Waals surface area contributed by atoms with Gasteiger partial charge in [-0.15, -0.1) is 0 Å². The molecule has 0 aromatic heterocycles. The summed E-state index contributed by atoms with van der Waals surface area (Å²) in [6, 6.07) is 16.0. The molecule has 3 rings (SSSR count). The summed E-state index contributed by atoms with van der Waals surface area (Å²) in [6.07, 6.45) is 1.18. The lowest BCUT2D eigenvalue weighted by Crippen LogP contribution is -2.44. The van der Waals surface area contributed by atoms with E-state index in [0.29, 0.717) is 18.5 Å². The SMILES string of the molecule is CCC[C@]1(c2ccccc2)NC(=O)N(CC(=O)Nc2ccccc2C)C1=O. The number of carbonyl (C=O) groups is 3. The molecule has 6 nitrogen and oxygen atoms in total. The third-order valence-corrected chi connectivity index (χ3v) is 4.79. The van der Waals surface area contributed by atoms with Gasteiger partial charge in [0, 0.05) is 5.69 Å². The van der Waals surface area contributed by atoms with E-state index in [4.69, 9.17) is 0 Å². The van der Waals surface area contributed by atoms with Gasteiger partial charge in [0.25, 0.3) is 5.91 Å². The Bertz CT molecular complexity index is 866. The molecular weight excluding hydrogens is 342 g/mol. The molecule has 2 aromatic rings. The third-order valence-electron chi connectivity index (χ3n) is 4.79. The number of hydrogen-bond acceptors (Lipinski definition) is 3. The number of anilines is 1. The van der Waals surface area contributed by atoms with Crippen molar-refractivity contribution in [3.8, 4) is 0 Å². The van der Waals surface area contributed by atoms with Crippen molar-refractivity contribution in [1.29, 1.82) is 0 Å². The summed E-state index contributed by atoms with van der Waals surface area (Å²) in [4.78, 5) is 39.1. The highest BCUT2D eigenvalue weighted by atomic mass is 16.2. The second kappa shape index (κ2) is 7.61. The Balaban J connectivity index is 1.81. The molecule has 1 aliphatic rings. The van der Waals surface area contributed by atoms with Gasteiger partial charge in [0.2, 0.25) is 5.91 Å². The maximum Gasteiger partial charge on any atom is 0.325 e. The van der Waals surface area contributed by atoms with Crippen molar-refractivity contribution in [1.82, 2.24) is 10.2 Å². The van der Waals surface area contributed by atoms with Crippen molar-refractivity contribution in [2.24, 2.45) is 0 Å². The molecule has 0 unspecified atom stereocenters. The predicted molar refractivity (Wildman–Crippen MR) is 103 cm³/mol. The smallest absolute Gasteiger partial charge is 0.324 e. The van der Waals surface area contributed by atoms with Crippen molar-refractivity contribution in [3.63, 3.8) is 0 Å². The lowest BCUT2D eigenvalue weighted by molar-refractivity contribution is -0.134. The van der Waals surface area contributed by atoms with Gasteiger partial charge in [0.1, 0.15) is 12.1 Å². The summed E-state index contributed by atoms with van der Waals surface area (Å²) in [5, 5.41) is 5.59. The number of rotatable bonds is 6. The van der Waals surface area contributed by atoms with E-state index in [1.165, 1.54) is 0 Å². The zero-order valence-corrected chi connectivity index (χ0v) is 15.5. The van der Waals surface area contributed by atoms with Crippen molar-refractivity contribution in [2.45, 2.75) is 32.2 Å². The van der Waals surface area contributed by atoms with Crippen LogP contribution in [0.3, 0.4) is 0 Å². The second-order valence-corrected chi connectivity index (χ2v) is 6.71. The average Bonchev–Trinajstić information content (AvgIpc) is 2.90. The molecule has 1 atom stereocenters. The summed E-state index contributed by atoms with van der Waals surface area (Å²) in [6.45, 7) is 3.51. The molecule has 4 amide bonds. The highest BCUT2D eigenvalue weighted by Crippen LogP contribution is 2.33. The normalized spacial score (nSPS) is 19.1. The van der Waals surface area contributed by atoms with Crippen molar-refractivity contribution >= 4 is 23.5 Å². The van der Waals surface area contributed by atoms with Crippen LogP contribution in [0.5, 0.6) is 0 Å². The van der Waals surface area contributed by atoms with Gasteiger partial charge in [-0.2, -0.15) is 0 Å². The van der Waals surface area contributed by atoms with Gasteiger partial charge in [-0.1, -0.05) is 61.9 Å². The zero-order valence-electron chi connectivity index (χ0n) is 15.5. The van der Waals surface area contributed by atoms with Gasteiger partial charge < -0.3 is 10.6 Å². The first kappa shape index (κ1) is 18.6. The monoisotopic (exact) mass is 365 g/mol. The molecule has 1 fully saturated rings. The van der Waals surface area contributed by atoms with Gasteiger partial charge in [0.15, 0.2) is 0 Å². The molecule has 140 valence electrons. The van der Waals surface area contributed by atoms with Crippen LogP contribution in [0.15, 0.2) is 54.6 Å². The van der Waals surface area contributed by atoms with E-state index in [-0.39, 0.29) is 12.5 Å². The highest BCUT2D eigenvalue weighted by Gasteiger charge is 2.52. The van der Waals surface area contributed by atoms with Gasteiger partial charge in [-0.3, -0.25) is 14.5 Å². The molecule has 1 saturated heterocycles. The van der Waals surface area contributed by atoms with Crippen LogP contribution in [0.1, 0.15) is 30.9 Å². The van der Waals surface area contributed by atoms with E-state index >= 15 is 0 Å². The van der Waals surface area contributed by atoms with E-state index < -0.39 is 17.5 Å². The number of nitrogens with one attached hydrogen (secondary N) is 2. The molecule has 1 aliphatic heterocycles. The molecule has 0 saturated carbocycles. The largest absolute Gasteiger partial charge is 0.325 e. The fourth-order valence-electron chi connectivity index (χ4n) is 3.42. The van der Waals surface area contributed by atoms with Gasteiger partial charge in [0.05, 0.1) is 0 Å². The molecule has 0 bridgehead atoms. The molecular formula is C21H23N3O3. The molecule has 0 spiro atoms. The van der Waals surface area contributed by atoms with E-state index in [0.717, 1.165) is 16.0 Å². The Morgan fingerprint density at radius 1 is 1.07 bits per heavy atom. The Kier molecular flexibility index (Phi) is 5.26. The molecule has 0 aliphatic carbocycles. The summed E-state index contributed by atoms with van der Waals surface area (Å²) in [5.41, 5.74) is 1.19. The first-order valence-corrected chi connectivity index (χ1v) is 9.03. The lowest BCUT2D eigenvalue weighted by atomic mass is 9.85. The summed E-state index contributed by atoms with van der Waals surface area (Å²) in [7, 11) is 0. The average molecular weight is 365 g/mol.